The van der Waals surface area contributed by atoms with Crippen molar-refractivity contribution >= 4 is 29.0 Å². The van der Waals surface area contributed by atoms with Crippen molar-refractivity contribution in [2.75, 3.05) is 18.8 Å². The lowest BCUT2D eigenvalue weighted by atomic mass is 9.91. The molecule has 19 heavy (non-hydrogen) atoms. The van der Waals surface area contributed by atoms with Gasteiger partial charge in [0.2, 0.25) is 5.91 Å². The molecule has 0 aliphatic carbocycles. The summed E-state index contributed by atoms with van der Waals surface area (Å²) in [5.41, 5.74) is -0.125. The van der Waals surface area contributed by atoms with Crippen LogP contribution in [0.5, 0.6) is 0 Å². The average molecular weight is 302 g/mol. The number of β-amino-alcohol motifs (C(OH)–C–C–N with tert-alkyl or cyclic N) is 1. The molecule has 0 unspecified atom stereocenters. The van der Waals surface area contributed by atoms with Crippen molar-refractivity contribution in [1.29, 1.82) is 0 Å². The Morgan fingerprint density at radius 1 is 1.74 bits per heavy atom. The van der Waals surface area contributed by atoms with Crippen LogP contribution in [0, 0.1) is 6.92 Å². The molecule has 2 rings (SSSR count). The molecule has 2 heterocycles. The first kappa shape index (κ1) is 14.8. The van der Waals surface area contributed by atoms with Crippen molar-refractivity contribution in [3.05, 3.63) is 11.1 Å². The van der Waals surface area contributed by atoms with Gasteiger partial charge < -0.3 is 15.1 Å². The molecule has 7 heteroatoms. The summed E-state index contributed by atoms with van der Waals surface area (Å²) in [7, 11) is 0. The topological polar surface area (TPSA) is 73.7 Å². The Labute approximate surface area is 120 Å². The van der Waals surface area contributed by atoms with Crippen molar-refractivity contribution in [2.24, 2.45) is 0 Å². The van der Waals surface area contributed by atoms with E-state index < -0.39 is 11.7 Å². The molecule has 106 valence electrons. The van der Waals surface area contributed by atoms with Crippen molar-refractivity contribution in [2.45, 2.75) is 36.3 Å². The summed E-state index contributed by atoms with van der Waals surface area (Å²) >= 11 is 2.95. The number of aliphatic hydroxyl groups excluding tert-OH is 1. The number of carbonyl (C=O) groups is 1. The second-order valence-electron chi connectivity index (χ2n) is 5.01. The Morgan fingerprint density at radius 3 is 3.05 bits per heavy atom. The van der Waals surface area contributed by atoms with Crippen molar-refractivity contribution < 1.29 is 15.0 Å². The van der Waals surface area contributed by atoms with E-state index in [-0.39, 0.29) is 12.5 Å². The third kappa shape index (κ3) is 3.68. The summed E-state index contributed by atoms with van der Waals surface area (Å²) < 4.78 is 0.885. The smallest absolute Gasteiger partial charge is 0.233 e. The molecule has 5 nitrogen and oxygen atoms in total. The third-order valence-corrected chi connectivity index (χ3v) is 5.39. The summed E-state index contributed by atoms with van der Waals surface area (Å²) in [6.45, 7) is 4.21. The lowest BCUT2D eigenvalue weighted by molar-refractivity contribution is -0.143. The van der Waals surface area contributed by atoms with E-state index >= 15 is 0 Å². The molecule has 1 aromatic rings. The van der Waals surface area contributed by atoms with Crippen LogP contribution in [-0.2, 0) is 4.79 Å². The minimum absolute atomic E-state index is 0.0209. The standard InChI is InChI=1S/C12H18N2O3S2/c1-8-6-18-11(13-8)19-7-10(16)14-4-3-12(2,17)9(15)5-14/h6,9,15,17H,3-5,7H2,1-2H3/t9-,12+/m0/s1. The first-order chi connectivity index (χ1) is 8.88. The summed E-state index contributed by atoms with van der Waals surface area (Å²) in [6, 6.07) is 0. The van der Waals surface area contributed by atoms with Crippen LogP contribution in [0.4, 0.5) is 0 Å². The zero-order valence-electron chi connectivity index (χ0n) is 11.0. The van der Waals surface area contributed by atoms with Crippen LogP contribution in [0.2, 0.25) is 0 Å². The predicted molar refractivity (Wildman–Crippen MR) is 75.4 cm³/mol. The number of hydrogen-bond donors (Lipinski definition) is 2. The van der Waals surface area contributed by atoms with E-state index in [2.05, 4.69) is 4.98 Å². The fourth-order valence-corrected chi connectivity index (χ4v) is 3.62. The van der Waals surface area contributed by atoms with E-state index in [4.69, 9.17) is 0 Å². The van der Waals surface area contributed by atoms with Crippen molar-refractivity contribution in [3.63, 3.8) is 0 Å². The second kappa shape index (κ2) is 5.78. The van der Waals surface area contributed by atoms with E-state index in [1.807, 2.05) is 12.3 Å². The van der Waals surface area contributed by atoms with Gasteiger partial charge in [-0.1, -0.05) is 11.8 Å². The quantitative estimate of drug-likeness (QED) is 0.811. The molecule has 0 bridgehead atoms. The number of carbonyl (C=O) groups excluding carboxylic acids is 1. The Bertz CT molecular complexity index is 462. The van der Waals surface area contributed by atoms with Crippen LogP contribution in [0.1, 0.15) is 19.0 Å². The molecule has 0 aromatic carbocycles. The Balaban J connectivity index is 1.84. The number of piperidine rings is 1. The lowest BCUT2D eigenvalue weighted by Gasteiger charge is -2.39. The minimum Gasteiger partial charge on any atom is -0.388 e. The second-order valence-corrected chi connectivity index (χ2v) is 7.09. The van der Waals surface area contributed by atoms with Crippen LogP contribution in [-0.4, -0.2) is 56.6 Å². The Kier molecular flexibility index (Phi) is 4.50. The van der Waals surface area contributed by atoms with Gasteiger partial charge in [0.15, 0.2) is 4.34 Å². The van der Waals surface area contributed by atoms with Gasteiger partial charge in [-0.2, -0.15) is 0 Å². The third-order valence-electron chi connectivity index (χ3n) is 3.27. The van der Waals surface area contributed by atoms with E-state index in [0.717, 1.165) is 10.0 Å². The van der Waals surface area contributed by atoms with Gasteiger partial charge in [0.25, 0.3) is 0 Å². The number of rotatable bonds is 3. The predicted octanol–water partition coefficient (Wildman–Crippen LogP) is 0.888. The van der Waals surface area contributed by atoms with Crippen LogP contribution in [0.3, 0.4) is 0 Å². The molecule has 1 aliphatic heterocycles. The highest BCUT2D eigenvalue weighted by Crippen LogP contribution is 2.25. The Hall–Kier alpha value is -0.630. The van der Waals surface area contributed by atoms with E-state index in [9.17, 15) is 15.0 Å². The lowest BCUT2D eigenvalue weighted by Crippen LogP contribution is -2.55. The SMILES string of the molecule is Cc1csc(SCC(=O)N2CC[C@@](C)(O)[C@@H](O)C2)n1. The molecule has 1 amide bonds. The molecule has 1 fully saturated rings. The monoisotopic (exact) mass is 302 g/mol. The molecule has 2 N–H and O–H groups in total. The van der Waals surface area contributed by atoms with Gasteiger partial charge in [0.1, 0.15) is 0 Å². The maximum absolute atomic E-state index is 12.0. The van der Waals surface area contributed by atoms with Crippen molar-refractivity contribution in [3.8, 4) is 0 Å². The number of aliphatic hydroxyl groups is 2. The highest BCUT2D eigenvalue weighted by Gasteiger charge is 2.37. The first-order valence-electron chi connectivity index (χ1n) is 6.11. The Morgan fingerprint density at radius 2 is 2.47 bits per heavy atom. The fourth-order valence-electron chi connectivity index (χ4n) is 1.86. The fraction of sp³-hybridized carbons (Fsp3) is 0.667. The van der Waals surface area contributed by atoms with Gasteiger partial charge in [-0.15, -0.1) is 11.3 Å². The number of aromatic nitrogens is 1. The number of hydrogen-bond acceptors (Lipinski definition) is 6. The first-order valence-corrected chi connectivity index (χ1v) is 7.98. The van der Waals surface area contributed by atoms with Gasteiger partial charge >= 0.3 is 0 Å². The van der Waals surface area contributed by atoms with E-state index in [1.54, 1.807) is 11.8 Å². The molecule has 1 aromatic heterocycles. The summed E-state index contributed by atoms with van der Waals surface area (Å²) in [5, 5.41) is 21.6. The maximum atomic E-state index is 12.0. The van der Waals surface area contributed by atoms with Crippen LogP contribution < -0.4 is 0 Å². The summed E-state index contributed by atoms with van der Waals surface area (Å²) in [4.78, 5) is 17.9. The van der Waals surface area contributed by atoms with E-state index in [0.29, 0.717) is 18.7 Å². The zero-order chi connectivity index (χ0) is 14.0. The van der Waals surface area contributed by atoms with Gasteiger partial charge in [0.05, 0.1) is 17.5 Å². The van der Waals surface area contributed by atoms with Gasteiger partial charge in [0, 0.05) is 24.2 Å². The molecular formula is C12H18N2O3S2. The van der Waals surface area contributed by atoms with Gasteiger partial charge in [-0.25, -0.2) is 4.98 Å². The molecule has 2 atom stereocenters. The number of thioether (sulfide) groups is 1. The van der Waals surface area contributed by atoms with E-state index in [1.165, 1.54) is 23.1 Å². The summed E-state index contributed by atoms with van der Waals surface area (Å²) in [6.07, 6.45) is -0.474. The van der Waals surface area contributed by atoms with Crippen LogP contribution >= 0.6 is 23.1 Å². The number of nitrogens with zero attached hydrogens (tertiary/aromatic N) is 2. The molecular weight excluding hydrogens is 284 g/mol. The van der Waals surface area contributed by atoms with Crippen LogP contribution in [0.25, 0.3) is 0 Å². The van der Waals surface area contributed by atoms with Gasteiger partial charge in [-0.05, 0) is 20.3 Å². The number of amides is 1. The molecule has 0 spiro atoms. The van der Waals surface area contributed by atoms with Crippen molar-refractivity contribution in [1.82, 2.24) is 9.88 Å². The van der Waals surface area contributed by atoms with Gasteiger partial charge in [-0.3, -0.25) is 4.79 Å². The molecule has 0 saturated carbocycles. The average Bonchev–Trinajstić information content (AvgIpc) is 2.76. The summed E-state index contributed by atoms with van der Waals surface area (Å²) in [5.74, 6) is 0.300. The number of likely N-dealkylation sites (tertiary alicyclic amines) is 1. The normalized spacial score (nSPS) is 27.6. The number of aryl methyl sites for hydroxylation is 1. The zero-order valence-corrected chi connectivity index (χ0v) is 12.6. The van der Waals surface area contributed by atoms with Crippen LogP contribution in [0.15, 0.2) is 9.72 Å². The number of thiazole rings is 1. The largest absolute Gasteiger partial charge is 0.388 e. The highest BCUT2D eigenvalue weighted by molar-refractivity contribution is 8.01. The molecule has 1 saturated heterocycles. The molecule has 1 aliphatic rings. The highest BCUT2D eigenvalue weighted by atomic mass is 32.2. The minimum atomic E-state index is -1.09. The molecule has 0 radical (unpaired) electrons. The maximum Gasteiger partial charge on any atom is 0.233 e.